The SMILES string of the molecule is COc1ccc(C(=O)N2CCCCC2C(C)C)cc1-n1cnnn1. The molecular formula is C17H23N5O2. The lowest BCUT2D eigenvalue weighted by Crippen LogP contribution is -2.46. The lowest BCUT2D eigenvalue weighted by molar-refractivity contribution is 0.0543. The van der Waals surface area contributed by atoms with Crippen LogP contribution in [-0.2, 0) is 0 Å². The summed E-state index contributed by atoms with van der Waals surface area (Å²) >= 11 is 0. The van der Waals surface area contributed by atoms with Gasteiger partial charge in [0.15, 0.2) is 0 Å². The van der Waals surface area contributed by atoms with Gasteiger partial charge in [-0.25, -0.2) is 0 Å². The molecule has 0 N–H and O–H groups in total. The van der Waals surface area contributed by atoms with E-state index in [1.54, 1.807) is 25.3 Å². The van der Waals surface area contributed by atoms with Gasteiger partial charge in [-0.15, -0.1) is 5.10 Å². The standard InChI is InChI=1S/C17H23N5O2/c1-12(2)14-6-4-5-9-21(14)17(23)13-7-8-16(24-3)15(10-13)22-11-18-19-20-22/h7-8,10-12,14H,4-6,9H2,1-3H3. The van der Waals surface area contributed by atoms with E-state index in [1.165, 1.54) is 17.4 Å². The number of likely N-dealkylation sites (tertiary alicyclic amines) is 1. The first-order valence-electron chi connectivity index (χ1n) is 8.34. The number of tetrazole rings is 1. The predicted molar refractivity (Wildman–Crippen MR) is 89.2 cm³/mol. The first-order valence-corrected chi connectivity index (χ1v) is 8.34. The second-order valence-corrected chi connectivity index (χ2v) is 6.45. The molecule has 1 saturated heterocycles. The van der Waals surface area contributed by atoms with Crippen LogP contribution in [0.1, 0.15) is 43.5 Å². The highest BCUT2D eigenvalue weighted by Crippen LogP contribution is 2.28. The number of hydrogen-bond donors (Lipinski definition) is 0. The number of ether oxygens (including phenoxy) is 1. The van der Waals surface area contributed by atoms with Gasteiger partial charge in [0, 0.05) is 18.2 Å². The van der Waals surface area contributed by atoms with Gasteiger partial charge in [-0.3, -0.25) is 4.79 Å². The van der Waals surface area contributed by atoms with Crippen molar-refractivity contribution in [1.82, 2.24) is 25.1 Å². The molecule has 1 atom stereocenters. The van der Waals surface area contributed by atoms with Crippen molar-refractivity contribution < 1.29 is 9.53 Å². The molecular weight excluding hydrogens is 306 g/mol. The summed E-state index contributed by atoms with van der Waals surface area (Å²) in [4.78, 5) is 15.1. The number of nitrogens with zero attached hydrogens (tertiary/aromatic N) is 5. The molecule has 24 heavy (non-hydrogen) atoms. The fourth-order valence-corrected chi connectivity index (χ4v) is 3.34. The largest absolute Gasteiger partial charge is 0.494 e. The summed E-state index contributed by atoms with van der Waals surface area (Å²) in [6, 6.07) is 5.69. The Morgan fingerprint density at radius 1 is 1.33 bits per heavy atom. The Morgan fingerprint density at radius 2 is 2.17 bits per heavy atom. The molecule has 1 aromatic heterocycles. The van der Waals surface area contributed by atoms with Crippen molar-refractivity contribution in [3.05, 3.63) is 30.1 Å². The second-order valence-electron chi connectivity index (χ2n) is 6.45. The summed E-state index contributed by atoms with van der Waals surface area (Å²) in [5.74, 6) is 1.13. The molecule has 1 aliphatic heterocycles. The number of benzene rings is 1. The number of hydrogen-bond acceptors (Lipinski definition) is 5. The molecule has 0 spiro atoms. The molecule has 1 aromatic carbocycles. The summed E-state index contributed by atoms with van der Waals surface area (Å²) in [6.45, 7) is 5.17. The van der Waals surface area contributed by atoms with Gasteiger partial charge in [-0.2, -0.15) is 4.68 Å². The van der Waals surface area contributed by atoms with Crippen LogP contribution < -0.4 is 4.74 Å². The van der Waals surface area contributed by atoms with Crippen molar-refractivity contribution in [1.29, 1.82) is 0 Å². The molecule has 1 amide bonds. The minimum absolute atomic E-state index is 0.0605. The first kappa shape index (κ1) is 16.4. The van der Waals surface area contributed by atoms with Crippen molar-refractivity contribution in [2.45, 2.75) is 39.2 Å². The summed E-state index contributed by atoms with van der Waals surface area (Å²) < 4.78 is 6.87. The van der Waals surface area contributed by atoms with Crippen LogP contribution in [0.3, 0.4) is 0 Å². The van der Waals surface area contributed by atoms with Gasteiger partial charge in [-0.1, -0.05) is 13.8 Å². The average Bonchev–Trinajstić information content (AvgIpc) is 3.15. The minimum Gasteiger partial charge on any atom is -0.494 e. The van der Waals surface area contributed by atoms with Crippen LogP contribution in [0.25, 0.3) is 5.69 Å². The molecule has 0 aliphatic carbocycles. The van der Waals surface area contributed by atoms with E-state index in [0.29, 0.717) is 29.0 Å². The molecule has 3 rings (SSSR count). The maximum Gasteiger partial charge on any atom is 0.254 e. The molecule has 7 heteroatoms. The number of carbonyl (C=O) groups excluding carboxylic acids is 1. The number of rotatable bonds is 4. The van der Waals surface area contributed by atoms with Crippen LogP contribution in [0.4, 0.5) is 0 Å². The topological polar surface area (TPSA) is 73.1 Å². The number of amides is 1. The average molecular weight is 329 g/mol. The normalized spacial score (nSPS) is 18.0. The van der Waals surface area contributed by atoms with Gasteiger partial charge in [0.25, 0.3) is 5.91 Å². The van der Waals surface area contributed by atoms with Crippen molar-refractivity contribution in [2.75, 3.05) is 13.7 Å². The molecule has 2 aromatic rings. The number of carbonyl (C=O) groups is 1. The van der Waals surface area contributed by atoms with E-state index < -0.39 is 0 Å². The Kier molecular flexibility index (Phi) is 4.78. The van der Waals surface area contributed by atoms with Crippen molar-refractivity contribution in [3.8, 4) is 11.4 Å². The Balaban J connectivity index is 1.94. The van der Waals surface area contributed by atoms with Gasteiger partial charge < -0.3 is 9.64 Å². The van der Waals surface area contributed by atoms with E-state index in [2.05, 4.69) is 29.4 Å². The Hall–Kier alpha value is -2.44. The zero-order valence-corrected chi connectivity index (χ0v) is 14.3. The summed E-state index contributed by atoms with van der Waals surface area (Å²) in [5.41, 5.74) is 1.29. The molecule has 128 valence electrons. The molecule has 1 fully saturated rings. The lowest BCUT2D eigenvalue weighted by Gasteiger charge is -2.38. The van der Waals surface area contributed by atoms with Crippen LogP contribution in [0.5, 0.6) is 5.75 Å². The smallest absolute Gasteiger partial charge is 0.254 e. The van der Waals surface area contributed by atoms with E-state index in [9.17, 15) is 4.79 Å². The lowest BCUT2D eigenvalue weighted by atomic mass is 9.92. The Labute approximate surface area is 141 Å². The van der Waals surface area contributed by atoms with Crippen LogP contribution >= 0.6 is 0 Å². The van der Waals surface area contributed by atoms with Crippen LogP contribution in [0.15, 0.2) is 24.5 Å². The second kappa shape index (κ2) is 6.98. The van der Waals surface area contributed by atoms with Crippen LogP contribution in [0, 0.1) is 5.92 Å². The fourth-order valence-electron chi connectivity index (χ4n) is 3.34. The van der Waals surface area contributed by atoms with E-state index in [-0.39, 0.29) is 5.91 Å². The highest BCUT2D eigenvalue weighted by molar-refractivity contribution is 5.95. The number of aromatic nitrogens is 4. The molecule has 7 nitrogen and oxygen atoms in total. The van der Waals surface area contributed by atoms with Crippen molar-refractivity contribution in [3.63, 3.8) is 0 Å². The van der Waals surface area contributed by atoms with E-state index in [4.69, 9.17) is 4.74 Å². The molecule has 0 bridgehead atoms. The zero-order valence-electron chi connectivity index (χ0n) is 14.3. The van der Waals surface area contributed by atoms with E-state index in [1.807, 2.05) is 4.90 Å². The summed E-state index contributed by atoms with van der Waals surface area (Å²) in [5, 5.41) is 11.2. The molecule has 1 unspecified atom stereocenters. The third-order valence-electron chi connectivity index (χ3n) is 4.60. The Bertz CT molecular complexity index is 699. The van der Waals surface area contributed by atoms with Gasteiger partial charge >= 0.3 is 0 Å². The molecule has 1 aliphatic rings. The predicted octanol–water partition coefficient (Wildman–Crippen LogP) is 2.32. The molecule has 0 saturated carbocycles. The van der Waals surface area contributed by atoms with Gasteiger partial charge in [0.05, 0.1) is 7.11 Å². The maximum absolute atomic E-state index is 13.1. The Morgan fingerprint density at radius 3 is 2.83 bits per heavy atom. The third-order valence-corrected chi connectivity index (χ3v) is 4.60. The zero-order chi connectivity index (χ0) is 17.1. The van der Waals surface area contributed by atoms with Crippen molar-refractivity contribution >= 4 is 5.91 Å². The van der Waals surface area contributed by atoms with Crippen LogP contribution in [-0.4, -0.2) is 50.7 Å². The molecule has 0 radical (unpaired) electrons. The minimum atomic E-state index is 0.0605. The first-order chi connectivity index (χ1) is 11.6. The third kappa shape index (κ3) is 3.11. The number of methoxy groups -OCH3 is 1. The maximum atomic E-state index is 13.1. The molecule has 2 heterocycles. The summed E-state index contributed by atoms with van der Waals surface area (Å²) in [6.07, 6.45) is 4.80. The van der Waals surface area contributed by atoms with Crippen LogP contribution in [0.2, 0.25) is 0 Å². The summed E-state index contributed by atoms with van der Waals surface area (Å²) in [7, 11) is 1.59. The number of piperidine rings is 1. The van der Waals surface area contributed by atoms with Gasteiger partial charge in [-0.05, 0) is 53.8 Å². The highest BCUT2D eigenvalue weighted by atomic mass is 16.5. The van der Waals surface area contributed by atoms with E-state index >= 15 is 0 Å². The quantitative estimate of drug-likeness (QED) is 0.861. The monoisotopic (exact) mass is 329 g/mol. The van der Waals surface area contributed by atoms with E-state index in [0.717, 1.165) is 19.4 Å². The van der Waals surface area contributed by atoms with Gasteiger partial charge in [0.1, 0.15) is 17.8 Å². The van der Waals surface area contributed by atoms with Gasteiger partial charge in [0.2, 0.25) is 0 Å². The highest BCUT2D eigenvalue weighted by Gasteiger charge is 2.29. The fraction of sp³-hybridized carbons (Fsp3) is 0.529. The van der Waals surface area contributed by atoms with Crippen molar-refractivity contribution in [2.24, 2.45) is 5.92 Å².